The normalized spacial score (nSPS) is 29.0. The summed E-state index contributed by atoms with van der Waals surface area (Å²) in [6.45, 7) is 11.4. The van der Waals surface area contributed by atoms with Crippen molar-refractivity contribution in [2.75, 3.05) is 6.61 Å². The number of nitrogens with zero attached hydrogens (tertiary/aromatic N) is 1. The van der Waals surface area contributed by atoms with Crippen LogP contribution < -0.4 is 10.4 Å². The predicted octanol–water partition coefficient (Wildman–Crippen LogP) is 4.52. The first-order valence-electron chi connectivity index (χ1n) is 12.0. The van der Waals surface area contributed by atoms with Gasteiger partial charge in [0.05, 0.1) is 12.6 Å². The summed E-state index contributed by atoms with van der Waals surface area (Å²) in [5, 5.41) is 2.55. The van der Waals surface area contributed by atoms with Crippen molar-refractivity contribution in [2.45, 2.75) is 63.1 Å². The molecule has 2 aromatic carbocycles. The Hall–Kier alpha value is -2.17. The molecule has 0 N–H and O–H groups in total. The van der Waals surface area contributed by atoms with Gasteiger partial charge in [0, 0.05) is 11.5 Å². The summed E-state index contributed by atoms with van der Waals surface area (Å²) >= 11 is 0. The molecule has 0 unspecified atom stereocenters. The highest BCUT2D eigenvalue weighted by molar-refractivity contribution is 6.99. The van der Waals surface area contributed by atoms with Gasteiger partial charge in [-0.1, -0.05) is 87.5 Å². The summed E-state index contributed by atoms with van der Waals surface area (Å²) < 4.78 is 7.19. The maximum Gasteiger partial charge on any atom is 0.261 e. The lowest BCUT2D eigenvalue weighted by Crippen LogP contribution is -2.67. The molecule has 1 amide bonds. The second-order valence-corrected chi connectivity index (χ2v) is 15.3. The van der Waals surface area contributed by atoms with E-state index < -0.39 is 8.32 Å². The summed E-state index contributed by atoms with van der Waals surface area (Å²) in [4.78, 5) is 15.6. The van der Waals surface area contributed by atoms with Crippen molar-refractivity contribution < 1.29 is 9.22 Å². The minimum atomic E-state index is -2.58. The minimum absolute atomic E-state index is 0.0463. The van der Waals surface area contributed by atoms with Crippen LogP contribution in [0.4, 0.5) is 0 Å². The van der Waals surface area contributed by atoms with Gasteiger partial charge in [0.25, 0.3) is 8.32 Å². The van der Waals surface area contributed by atoms with E-state index in [1.807, 2.05) is 6.08 Å². The Labute approximate surface area is 193 Å². The van der Waals surface area contributed by atoms with Crippen LogP contribution in [-0.4, -0.2) is 37.3 Å². The number of carbonyl (C=O) groups is 1. The zero-order chi connectivity index (χ0) is 22.6. The van der Waals surface area contributed by atoms with Gasteiger partial charge < -0.3 is 9.33 Å². The topological polar surface area (TPSA) is 29.5 Å². The Balaban J connectivity index is 1.49. The van der Waals surface area contributed by atoms with Crippen LogP contribution in [0, 0.1) is 11.8 Å². The molecule has 2 aliphatic heterocycles. The van der Waals surface area contributed by atoms with E-state index in [-0.39, 0.29) is 22.5 Å². The standard InChI is InChI=1S/C28H35NO2Si/c1-5-12-21-18-28-19-22(28)17-23(29(28)26(21)30)20-31-32(27(2,3)4,24-13-8-6-9-14-24)25-15-10-7-11-16-25/h5-11,13-16,21-23H,1,12,17-20H2,2-4H3/t21-,22+,23+,28-/m0/s1. The van der Waals surface area contributed by atoms with E-state index in [1.54, 1.807) is 0 Å². The molecule has 0 radical (unpaired) electrons. The van der Waals surface area contributed by atoms with Crippen LogP contribution in [0.25, 0.3) is 0 Å². The molecule has 4 atom stereocenters. The van der Waals surface area contributed by atoms with E-state index in [2.05, 4.69) is 92.9 Å². The average Bonchev–Trinajstić information content (AvgIpc) is 3.25. The summed E-state index contributed by atoms with van der Waals surface area (Å²) in [6, 6.07) is 21.8. The highest BCUT2D eigenvalue weighted by atomic mass is 28.4. The van der Waals surface area contributed by atoms with E-state index in [9.17, 15) is 4.79 Å². The van der Waals surface area contributed by atoms with Crippen LogP contribution in [0.15, 0.2) is 73.3 Å². The first kappa shape index (κ1) is 21.7. The van der Waals surface area contributed by atoms with Gasteiger partial charge in [0.2, 0.25) is 5.91 Å². The van der Waals surface area contributed by atoms with Crippen molar-refractivity contribution >= 4 is 24.6 Å². The number of piperidine rings is 1. The number of hydrogen-bond donors (Lipinski definition) is 0. The van der Waals surface area contributed by atoms with Gasteiger partial charge in [0.15, 0.2) is 0 Å². The molecule has 4 heteroatoms. The third kappa shape index (κ3) is 3.14. The summed E-state index contributed by atoms with van der Waals surface area (Å²) in [7, 11) is -2.58. The highest BCUT2D eigenvalue weighted by Crippen LogP contribution is 2.65. The fraction of sp³-hybridized carbons (Fsp3) is 0.464. The van der Waals surface area contributed by atoms with Crippen molar-refractivity contribution in [2.24, 2.45) is 11.8 Å². The third-order valence-electron chi connectivity index (χ3n) is 8.15. The van der Waals surface area contributed by atoms with Crippen LogP contribution >= 0.6 is 0 Å². The molecule has 0 aromatic heterocycles. The monoisotopic (exact) mass is 445 g/mol. The lowest BCUT2D eigenvalue weighted by atomic mass is 9.98. The van der Waals surface area contributed by atoms with Crippen LogP contribution in [-0.2, 0) is 9.22 Å². The first-order chi connectivity index (χ1) is 15.3. The number of carbonyl (C=O) groups excluding carboxylic acids is 1. The third-order valence-corrected chi connectivity index (χ3v) is 13.2. The molecular weight excluding hydrogens is 410 g/mol. The van der Waals surface area contributed by atoms with Gasteiger partial charge >= 0.3 is 0 Å². The van der Waals surface area contributed by atoms with E-state index in [0.717, 1.165) is 19.3 Å². The van der Waals surface area contributed by atoms with Gasteiger partial charge in [-0.05, 0) is 47.0 Å². The van der Waals surface area contributed by atoms with E-state index in [0.29, 0.717) is 18.4 Å². The van der Waals surface area contributed by atoms with Crippen molar-refractivity contribution in [3.8, 4) is 0 Å². The molecule has 168 valence electrons. The minimum Gasteiger partial charge on any atom is -0.405 e. The predicted molar refractivity (Wildman–Crippen MR) is 133 cm³/mol. The molecule has 32 heavy (non-hydrogen) atoms. The number of rotatable bonds is 7. The molecular formula is C28H35NO2Si. The molecule has 5 rings (SSSR count). The second-order valence-electron chi connectivity index (χ2n) is 11.0. The molecule has 3 aliphatic rings. The van der Waals surface area contributed by atoms with Crippen molar-refractivity contribution in [1.82, 2.24) is 4.90 Å². The van der Waals surface area contributed by atoms with Gasteiger partial charge in [-0.15, -0.1) is 6.58 Å². The average molecular weight is 446 g/mol. The Bertz CT molecular complexity index is 960. The molecule has 3 fully saturated rings. The van der Waals surface area contributed by atoms with Crippen LogP contribution in [0.2, 0.25) is 5.04 Å². The highest BCUT2D eigenvalue weighted by Gasteiger charge is 2.71. The first-order valence-corrected chi connectivity index (χ1v) is 13.9. The molecule has 1 aliphatic carbocycles. The molecule has 3 nitrogen and oxygen atoms in total. The van der Waals surface area contributed by atoms with Crippen LogP contribution in [0.3, 0.4) is 0 Å². The number of benzene rings is 2. The Morgan fingerprint density at radius 1 is 1.06 bits per heavy atom. The quantitative estimate of drug-likeness (QED) is 0.463. The van der Waals surface area contributed by atoms with Crippen LogP contribution in [0.1, 0.15) is 46.5 Å². The molecule has 2 aromatic rings. The molecule has 1 saturated carbocycles. The molecule has 2 heterocycles. The van der Waals surface area contributed by atoms with E-state index >= 15 is 0 Å². The van der Waals surface area contributed by atoms with Crippen molar-refractivity contribution in [1.29, 1.82) is 0 Å². The second kappa shape index (κ2) is 7.70. The van der Waals surface area contributed by atoms with Crippen LogP contribution in [0.5, 0.6) is 0 Å². The summed E-state index contributed by atoms with van der Waals surface area (Å²) in [5.74, 6) is 1.11. The number of allylic oxidation sites excluding steroid dienone is 1. The molecule has 2 saturated heterocycles. The fourth-order valence-corrected chi connectivity index (χ4v) is 11.3. The number of amides is 1. The lowest BCUT2D eigenvalue weighted by molar-refractivity contribution is -0.134. The largest absolute Gasteiger partial charge is 0.405 e. The summed E-state index contributed by atoms with van der Waals surface area (Å²) in [5.41, 5.74) is 0.129. The van der Waals surface area contributed by atoms with E-state index in [1.165, 1.54) is 16.8 Å². The lowest BCUT2D eigenvalue weighted by Gasteiger charge is -2.44. The maximum atomic E-state index is 13.3. The van der Waals surface area contributed by atoms with Gasteiger partial charge in [-0.25, -0.2) is 0 Å². The number of hydrogen-bond acceptors (Lipinski definition) is 2. The SMILES string of the molecule is C=CC[C@H]1C[C@]23C[C@H]2C[C@H](CO[Si](c2ccccc2)(c2ccccc2)C(C)(C)C)N3C1=O. The zero-order valence-electron chi connectivity index (χ0n) is 19.6. The fourth-order valence-electron chi connectivity index (χ4n) is 6.73. The van der Waals surface area contributed by atoms with Crippen molar-refractivity contribution in [3.05, 3.63) is 73.3 Å². The Morgan fingerprint density at radius 3 is 2.19 bits per heavy atom. The maximum absolute atomic E-state index is 13.3. The zero-order valence-corrected chi connectivity index (χ0v) is 20.6. The Kier molecular flexibility index (Phi) is 5.22. The van der Waals surface area contributed by atoms with E-state index in [4.69, 9.17) is 4.43 Å². The molecule has 1 spiro atoms. The summed E-state index contributed by atoms with van der Waals surface area (Å²) in [6.07, 6.45) is 5.99. The molecule has 0 bridgehead atoms. The van der Waals surface area contributed by atoms with Gasteiger partial charge in [-0.2, -0.15) is 0 Å². The van der Waals surface area contributed by atoms with Gasteiger partial charge in [-0.3, -0.25) is 4.79 Å². The Morgan fingerprint density at radius 2 is 1.66 bits per heavy atom. The van der Waals surface area contributed by atoms with Gasteiger partial charge in [0.1, 0.15) is 0 Å². The smallest absolute Gasteiger partial charge is 0.261 e. The van der Waals surface area contributed by atoms with Crippen molar-refractivity contribution in [3.63, 3.8) is 0 Å².